The Bertz CT molecular complexity index is 428. The predicted molar refractivity (Wildman–Crippen MR) is 74.6 cm³/mol. The van der Waals surface area contributed by atoms with Gasteiger partial charge in [-0.3, -0.25) is 4.79 Å². The minimum Gasteiger partial charge on any atom is -0.362 e. The lowest BCUT2D eigenvalue weighted by atomic mass is 10.2. The highest BCUT2D eigenvalue weighted by Gasteiger charge is 2.25. The fraction of sp³-hybridized carbons (Fsp3) is 0.533. The number of halogens is 1. The smallest absolute Gasteiger partial charge is 0.241 e. The standard InChI is InChI=1S/C15H21FN2O/c1-3-18(14-8-6-13(16)7-9-14)11-15(19)17(2)10-12-4-5-12/h6-9,12H,3-5,10-11H2,1-2H3. The van der Waals surface area contributed by atoms with Crippen LogP contribution in [0.5, 0.6) is 0 Å². The molecule has 0 atom stereocenters. The molecule has 2 rings (SSSR count). The van der Waals surface area contributed by atoms with E-state index in [9.17, 15) is 9.18 Å². The quantitative estimate of drug-likeness (QED) is 0.788. The van der Waals surface area contributed by atoms with Crippen molar-refractivity contribution in [3.63, 3.8) is 0 Å². The summed E-state index contributed by atoms with van der Waals surface area (Å²) in [6, 6.07) is 6.28. The number of rotatable bonds is 6. The number of amides is 1. The molecule has 4 heteroatoms. The van der Waals surface area contributed by atoms with Crippen molar-refractivity contribution < 1.29 is 9.18 Å². The van der Waals surface area contributed by atoms with Gasteiger partial charge in [0.2, 0.25) is 5.91 Å². The summed E-state index contributed by atoms with van der Waals surface area (Å²) >= 11 is 0. The Morgan fingerprint density at radius 3 is 2.47 bits per heavy atom. The van der Waals surface area contributed by atoms with Gasteiger partial charge in [-0.1, -0.05) is 0 Å². The summed E-state index contributed by atoms with van der Waals surface area (Å²) in [5, 5.41) is 0. The average molecular weight is 264 g/mol. The van der Waals surface area contributed by atoms with Gasteiger partial charge in [0, 0.05) is 25.8 Å². The van der Waals surface area contributed by atoms with Crippen LogP contribution < -0.4 is 4.90 Å². The number of carbonyl (C=O) groups is 1. The highest BCUT2D eigenvalue weighted by atomic mass is 19.1. The van der Waals surface area contributed by atoms with Crippen LogP contribution in [0.25, 0.3) is 0 Å². The van der Waals surface area contributed by atoms with Crippen LogP contribution in [0.15, 0.2) is 24.3 Å². The Kier molecular flexibility index (Phi) is 4.40. The molecule has 3 nitrogen and oxygen atoms in total. The summed E-state index contributed by atoms with van der Waals surface area (Å²) < 4.78 is 12.9. The minimum absolute atomic E-state index is 0.123. The number of benzene rings is 1. The second kappa shape index (κ2) is 6.04. The van der Waals surface area contributed by atoms with Crippen LogP contribution in [0.3, 0.4) is 0 Å². The van der Waals surface area contributed by atoms with Crippen LogP contribution in [0.4, 0.5) is 10.1 Å². The molecule has 0 radical (unpaired) electrons. The Balaban J connectivity index is 1.93. The van der Waals surface area contributed by atoms with Crippen LogP contribution >= 0.6 is 0 Å². The number of hydrogen-bond donors (Lipinski definition) is 0. The molecule has 0 saturated heterocycles. The van der Waals surface area contributed by atoms with E-state index in [-0.39, 0.29) is 11.7 Å². The van der Waals surface area contributed by atoms with Gasteiger partial charge in [-0.15, -0.1) is 0 Å². The van der Waals surface area contributed by atoms with E-state index >= 15 is 0 Å². The summed E-state index contributed by atoms with van der Waals surface area (Å²) in [4.78, 5) is 15.9. The van der Waals surface area contributed by atoms with E-state index in [2.05, 4.69) is 0 Å². The molecule has 104 valence electrons. The fourth-order valence-corrected chi connectivity index (χ4v) is 2.11. The maximum absolute atomic E-state index is 12.9. The average Bonchev–Trinajstić information content (AvgIpc) is 3.20. The van der Waals surface area contributed by atoms with E-state index < -0.39 is 0 Å². The van der Waals surface area contributed by atoms with Gasteiger partial charge < -0.3 is 9.80 Å². The zero-order valence-electron chi connectivity index (χ0n) is 11.6. The summed E-state index contributed by atoms with van der Waals surface area (Å²) in [5.74, 6) is 0.574. The summed E-state index contributed by atoms with van der Waals surface area (Å²) in [7, 11) is 1.86. The van der Waals surface area contributed by atoms with Crippen molar-refractivity contribution in [2.24, 2.45) is 5.92 Å². The normalized spacial score (nSPS) is 14.3. The Hall–Kier alpha value is -1.58. The summed E-state index contributed by atoms with van der Waals surface area (Å²) in [6.07, 6.45) is 2.49. The molecule has 19 heavy (non-hydrogen) atoms. The molecule has 1 aromatic carbocycles. The van der Waals surface area contributed by atoms with Gasteiger partial charge in [0.15, 0.2) is 0 Å². The van der Waals surface area contributed by atoms with Crippen molar-refractivity contribution in [2.45, 2.75) is 19.8 Å². The first-order chi connectivity index (χ1) is 9.10. The maximum atomic E-state index is 12.9. The Labute approximate surface area is 114 Å². The summed E-state index contributed by atoms with van der Waals surface area (Å²) in [6.45, 7) is 3.94. The number of carbonyl (C=O) groups excluding carboxylic acids is 1. The minimum atomic E-state index is -0.253. The molecule has 0 unspecified atom stereocenters. The van der Waals surface area contributed by atoms with Gasteiger partial charge >= 0.3 is 0 Å². The first-order valence-electron chi connectivity index (χ1n) is 6.84. The van der Waals surface area contributed by atoms with Crippen molar-refractivity contribution in [2.75, 3.05) is 31.6 Å². The number of hydrogen-bond acceptors (Lipinski definition) is 2. The van der Waals surface area contributed by atoms with E-state index in [4.69, 9.17) is 0 Å². The third-order valence-corrected chi connectivity index (χ3v) is 3.55. The van der Waals surface area contributed by atoms with Gasteiger partial charge in [0.25, 0.3) is 0 Å². The molecule has 0 N–H and O–H groups in total. The maximum Gasteiger partial charge on any atom is 0.241 e. The molecule has 0 aliphatic heterocycles. The van der Waals surface area contributed by atoms with E-state index in [0.29, 0.717) is 12.5 Å². The van der Waals surface area contributed by atoms with E-state index in [0.717, 1.165) is 18.8 Å². The highest BCUT2D eigenvalue weighted by Crippen LogP contribution is 2.29. The van der Waals surface area contributed by atoms with Crippen molar-refractivity contribution >= 4 is 11.6 Å². The monoisotopic (exact) mass is 264 g/mol. The van der Waals surface area contributed by atoms with Crippen molar-refractivity contribution in [3.8, 4) is 0 Å². The van der Waals surface area contributed by atoms with Crippen molar-refractivity contribution in [1.82, 2.24) is 4.90 Å². The van der Waals surface area contributed by atoms with Gasteiger partial charge in [-0.05, 0) is 49.9 Å². The topological polar surface area (TPSA) is 23.6 Å². The van der Waals surface area contributed by atoms with Crippen molar-refractivity contribution in [1.29, 1.82) is 0 Å². The molecule has 1 saturated carbocycles. The first kappa shape index (κ1) is 13.8. The summed E-state index contributed by atoms with van der Waals surface area (Å²) in [5.41, 5.74) is 0.886. The predicted octanol–water partition coefficient (Wildman–Crippen LogP) is 2.52. The van der Waals surface area contributed by atoms with Gasteiger partial charge in [-0.2, -0.15) is 0 Å². The molecular formula is C15H21FN2O. The Morgan fingerprint density at radius 1 is 1.32 bits per heavy atom. The molecule has 1 aliphatic rings. The van der Waals surface area contributed by atoms with Crippen LogP contribution in [0, 0.1) is 11.7 Å². The molecule has 1 fully saturated rings. The lowest BCUT2D eigenvalue weighted by molar-refractivity contribution is -0.128. The molecule has 1 amide bonds. The van der Waals surface area contributed by atoms with Gasteiger partial charge in [-0.25, -0.2) is 4.39 Å². The molecule has 1 aliphatic carbocycles. The second-order valence-electron chi connectivity index (χ2n) is 5.21. The van der Waals surface area contributed by atoms with Gasteiger partial charge in [0.05, 0.1) is 6.54 Å². The van der Waals surface area contributed by atoms with E-state index in [1.807, 2.05) is 23.8 Å². The zero-order valence-corrected chi connectivity index (χ0v) is 11.6. The Morgan fingerprint density at radius 2 is 1.95 bits per heavy atom. The van der Waals surface area contributed by atoms with Crippen molar-refractivity contribution in [3.05, 3.63) is 30.1 Å². The van der Waals surface area contributed by atoms with E-state index in [1.165, 1.54) is 25.0 Å². The molecule has 0 aromatic heterocycles. The number of likely N-dealkylation sites (N-methyl/N-ethyl adjacent to an activating group) is 2. The number of anilines is 1. The zero-order chi connectivity index (χ0) is 13.8. The second-order valence-corrected chi connectivity index (χ2v) is 5.21. The third kappa shape index (κ3) is 3.94. The van der Waals surface area contributed by atoms with Crippen LogP contribution in [0.2, 0.25) is 0 Å². The molecule has 0 spiro atoms. The number of nitrogens with zero attached hydrogens (tertiary/aromatic N) is 2. The van der Waals surface area contributed by atoms with Crippen LogP contribution in [-0.2, 0) is 4.79 Å². The lowest BCUT2D eigenvalue weighted by Gasteiger charge is -2.25. The molecule has 1 aromatic rings. The first-order valence-corrected chi connectivity index (χ1v) is 6.84. The van der Waals surface area contributed by atoms with Crippen LogP contribution in [0.1, 0.15) is 19.8 Å². The highest BCUT2D eigenvalue weighted by molar-refractivity contribution is 5.81. The third-order valence-electron chi connectivity index (χ3n) is 3.55. The van der Waals surface area contributed by atoms with Gasteiger partial charge in [0.1, 0.15) is 5.82 Å². The lowest BCUT2D eigenvalue weighted by Crippen LogP contribution is -2.39. The fourth-order valence-electron chi connectivity index (χ4n) is 2.11. The molecule has 0 heterocycles. The SMILES string of the molecule is CCN(CC(=O)N(C)CC1CC1)c1ccc(F)cc1. The van der Waals surface area contributed by atoms with Crippen LogP contribution in [-0.4, -0.2) is 37.5 Å². The van der Waals surface area contributed by atoms with E-state index in [1.54, 1.807) is 12.1 Å². The molecule has 0 bridgehead atoms. The largest absolute Gasteiger partial charge is 0.362 e. The molecular weight excluding hydrogens is 243 g/mol.